The molecule has 2 rings (SSSR count). The van der Waals surface area contributed by atoms with E-state index < -0.39 is 6.23 Å². The molecule has 0 saturated heterocycles. The molecule has 0 aromatic heterocycles. The van der Waals surface area contributed by atoms with Crippen molar-refractivity contribution in [2.45, 2.75) is 18.5 Å². The zero-order chi connectivity index (χ0) is 12.4. The lowest BCUT2D eigenvalue weighted by atomic mass is 10.1. The van der Waals surface area contributed by atoms with Crippen LogP contribution in [-0.4, -0.2) is 30.1 Å². The molecule has 0 aliphatic carbocycles. The number of hydrogen-bond acceptors (Lipinski definition) is 3. The number of carbonyl (C=O) groups excluding carboxylic acids is 1. The molecule has 4 nitrogen and oxygen atoms in total. The van der Waals surface area contributed by atoms with E-state index in [0.717, 1.165) is 5.56 Å². The van der Waals surface area contributed by atoms with E-state index >= 15 is 0 Å². The Hall–Kier alpha value is -1.10. The number of rotatable bonds is 4. The summed E-state index contributed by atoms with van der Waals surface area (Å²) in [5.41, 5.74) is 1.43. The second kappa shape index (κ2) is 5.04. The van der Waals surface area contributed by atoms with Crippen molar-refractivity contribution in [2.75, 3.05) is 13.7 Å². The first-order valence-electron chi connectivity index (χ1n) is 5.37. The first-order valence-corrected chi connectivity index (χ1v) is 5.81. The third kappa shape index (κ3) is 2.29. The first kappa shape index (κ1) is 12.4. The van der Waals surface area contributed by atoms with Gasteiger partial charge in [-0.25, -0.2) is 0 Å². The number of benzene rings is 1. The third-order valence-corrected chi connectivity index (χ3v) is 2.66. The Morgan fingerprint density at radius 2 is 2.18 bits per heavy atom. The number of carbonyl (C=O) groups is 1. The molecule has 1 aromatic rings. The van der Waals surface area contributed by atoms with Gasteiger partial charge < -0.3 is 4.74 Å². The Bertz CT molecular complexity index is 422. The van der Waals surface area contributed by atoms with Gasteiger partial charge in [0.05, 0.1) is 12.0 Å². The zero-order valence-electron chi connectivity index (χ0n) is 9.72. The van der Waals surface area contributed by atoms with E-state index in [-0.39, 0.29) is 17.9 Å². The molecule has 5 heteroatoms. The van der Waals surface area contributed by atoms with Gasteiger partial charge in [-0.05, 0) is 13.0 Å². The lowest BCUT2D eigenvalue weighted by Crippen LogP contribution is -2.31. The zero-order valence-corrected chi connectivity index (χ0v) is 10.5. The summed E-state index contributed by atoms with van der Waals surface area (Å²) in [5, 5.41) is 1.08. The number of hydroxylamine groups is 2. The van der Waals surface area contributed by atoms with E-state index in [0.29, 0.717) is 5.56 Å². The van der Waals surface area contributed by atoms with Crippen molar-refractivity contribution in [3.05, 3.63) is 35.4 Å². The van der Waals surface area contributed by atoms with Crippen LogP contribution in [0.1, 0.15) is 29.1 Å². The quantitative estimate of drug-likeness (QED) is 0.776. The van der Waals surface area contributed by atoms with Crippen LogP contribution >= 0.6 is 11.6 Å². The minimum absolute atomic E-state index is 0.163. The van der Waals surface area contributed by atoms with Crippen LogP contribution in [0.15, 0.2) is 24.3 Å². The molecular weight excluding hydrogens is 242 g/mol. The molecule has 1 amide bonds. The van der Waals surface area contributed by atoms with Gasteiger partial charge in [-0.15, -0.1) is 11.6 Å². The summed E-state index contributed by atoms with van der Waals surface area (Å²) in [6.45, 7) is 2.07. The maximum atomic E-state index is 12.1. The van der Waals surface area contributed by atoms with Crippen molar-refractivity contribution < 1.29 is 14.4 Å². The van der Waals surface area contributed by atoms with Gasteiger partial charge in [-0.3, -0.25) is 9.63 Å². The van der Waals surface area contributed by atoms with Crippen LogP contribution in [-0.2, 0) is 9.57 Å². The van der Waals surface area contributed by atoms with Crippen LogP contribution in [0.2, 0.25) is 0 Å². The van der Waals surface area contributed by atoms with E-state index in [1.807, 2.05) is 18.2 Å². The van der Waals surface area contributed by atoms with Crippen molar-refractivity contribution in [1.82, 2.24) is 5.06 Å². The number of hydrogen-bond donors (Lipinski definition) is 0. The molecule has 0 N–H and O–H groups in total. The topological polar surface area (TPSA) is 38.8 Å². The monoisotopic (exact) mass is 255 g/mol. The summed E-state index contributed by atoms with van der Waals surface area (Å²) < 4.78 is 5.29. The Kier molecular flexibility index (Phi) is 3.66. The second-order valence-electron chi connectivity index (χ2n) is 3.88. The highest BCUT2D eigenvalue weighted by molar-refractivity contribution is 6.20. The molecule has 1 aromatic carbocycles. The molecule has 1 aliphatic rings. The number of alkyl halides is 1. The van der Waals surface area contributed by atoms with Gasteiger partial charge in [0.2, 0.25) is 0 Å². The van der Waals surface area contributed by atoms with Crippen molar-refractivity contribution in [1.29, 1.82) is 0 Å². The fourth-order valence-corrected chi connectivity index (χ4v) is 1.85. The van der Waals surface area contributed by atoms with Gasteiger partial charge in [0, 0.05) is 18.2 Å². The smallest absolute Gasteiger partial charge is 0.280 e. The van der Waals surface area contributed by atoms with Crippen LogP contribution in [0.3, 0.4) is 0 Å². The number of methoxy groups -OCH3 is 1. The third-order valence-electron chi connectivity index (χ3n) is 2.54. The van der Waals surface area contributed by atoms with E-state index in [2.05, 4.69) is 0 Å². The molecule has 0 spiro atoms. The molecule has 1 aliphatic heterocycles. The largest absolute Gasteiger partial charge is 0.355 e. The lowest BCUT2D eigenvalue weighted by Gasteiger charge is -2.23. The van der Waals surface area contributed by atoms with Gasteiger partial charge in [0.1, 0.15) is 0 Å². The van der Waals surface area contributed by atoms with E-state index in [4.69, 9.17) is 21.2 Å². The van der Waals surface area contributed by atoms with Crippen LogP contribution in [0.5, 0.6) is 0 Å². The summed E-state index contributed by atoms with van der Waals surface area (Å²) in [5.74, 6) is -0.190. The number of nitrogens with zero attached hydrogens (tertiary/aromatic N) is 1. The predicted molar refractivity (Wildman–Crippen MR) is 63.6 cm³/mol. The number of halogens is 1. The summed E-state index contributed by atoms with van der Waals surface area (Å²) in [6, 6.07) is 7.30. The highest BCUT2D eigenvalue weighted by Gasteiger charge is 2.37. The van der Waals surface area contributed by atoms with E-state index in [1.54, 1.807) is 20.1 Å². The van der Waals surface area contributed by atoms with Crippen molar-refractivity contribution in [3.8, 4) is 0 Å². The Balaban J connectivity index is 2.23. The standard InChI is InChI=1S/C12H14ClNO3/c1-8(13)7-17-14-11(15)9-5-3-4-6-10(9)12(14)16-2/h3-6,8,12H,7H2,1-2H3. The molecule has 92 valence electrons. The molecule has 1 heterocycles. The molecule has 2 atom stereocenters. The van der Waals surface area contributed by atoms with Gasteiger partial charge in [-0.1, -0.05) is 18.2 Å². The first-order chi connectivity index (χ1) is 8.15. The van der Waals surface area contributed by atoms with Gasteiger partial charge in [0.25, 0.3) is 5.91 Å². The minimum atomic E-state index is -0.492. The average molecular weight is 256 g/mol. The number of ether oxygens (including phenoxy) is 1. The highest BCUT2D eigenvalue weighted by atomic mass is 35.5. The van der Waals surface area contributed by atoms with Crippen LogP contribution in [0.4, 0.5) is 0 Å². The number of fused-ring (bicyclic) bond motifs is 1. The average Bonchev–Trinajstić information content (AvgIpc) is 2.60. The Labute approximate surface area is 105 Å². The second-order valence-corrected chi connectivity index (χ2v) is 4.63. The maximum Gasteiger partial charge on any atom is 0.280 e. The molecule has 17 heavy (non-hydrogen) atoms. The molecular formula is C12H14ClNO3. The van der Waals surface area contributed by atoms with Gasteiger partial charge in [0.15, 0.2) is 6.23 Å². The van der Waals surface area contributed by atoms with Crippen molar-refractivity contribution >= 4 is 17.5 Å². The summed E-state index contributed by atoms with van der Waals surface area (Å²) in [4.78, 5) is 17.4. The Morgan fingerprint density at radius 1 is 1.47 bits per heavy atom. The summed E-state index contributed by atoms with van der Waals surface area (Å²) in [6.07, 6.45) is -0.492. The van der Waals surface area contributed by atoms with Gasteiger partial charge in [-0.2, -0.15) is 5.06 Å². The highest BCUT2D eigenvalue weighted by Crippen LogP contribution is 2.33. The summed E-state index contributed by atoms with van der Waals surface area (Å²) >= 11 is 5.80. The fourth-order valence-electron chi connectivity index (χ4n) is 1.79. The molecule has 0 bridgehead atoms. The number of amides is 1. The van der Waals surface area contributed by atoms with Crippen LogP contribution < -0.4 is 0 Å². The lowest BCUT2D eigenvalue weighted by molar-refractivity contribution is -0.207. The summed E-state index contributed by atoms with van der Waals surface area (Å²) in [7, 11) is 1.54. The predicted octanol–water partition coefficient (Wildman–Crippen LogP) is 2.35. The minimum Gasteiger partial charge on any atom is -0.355 e. The van der Waals surface area contributed by atoms with Crippen molar-refractivity contribution in [2.24, 2.45) is 0 Å². The normalized spacial score (nSPS) is 20.5. The van der Waals surface area contributed by atoms with Crippen LogP contribution in [0.25, 0.3) is 0 Å². The van der Waals surface area contributed by atoms with Crippen LogP contribution in [0, 0.1) is 0 Å². The fraction of sp³-hybridized carbons (Fsp3) is 0.417. The Morgan fingerprint density at radius 3 is 2.82 bits per heavy atom. The molecule has 0 fully saturated rings. The molecule has 0 radical (unpaired) electrons. The SMILES string of the molecule is COC1c2ccccc2C(=O)N1OCC(C)Cl. The maximum absolute atomic E-state index is 12.1. The molecule has 2 unspecified atom stereocenters. The van der Waals surface area contributed by atoms with E-state index in [9.17, 15) is 4.79 Å². The van der Waals surface area contributed by atoms with Crippen molar-refractivity contribution in [3.63, 3.8) is 0 Å². The molecule has 0 saturated carbocycles. The van der Waals surface area contributed by atoms with Gasteiger partial charge >= 0.3 is 0 Å². The van der Waals surface area contributed by atoms with E-state index in [1.165, 1.54) is 5.06 Å².